The fourth-order valence-electron chi connectivity index (χ4n) is 3.77. The number of Topliss-reactive ketones (excluding diaryl/α,β-unsaturated/α-hetero) is 1. The number of allylic oxidation sites excluding steroid dienone is 1. The number of carbonyl (C=O) groups excluding carboxylic acids is 1. The second-order valence-electron chi connectivity index (χ2n) is 8.52. The molecule has 1 N–H and O–H groups in total. The van der Waals surface area contributed by atoms with Gasteiger partial charge in [0.2, 0.25) is 10.0 Å². The third-order valence-electron chi connectivity index (χ3n) is 5.27. The van der Waals surface area contributed by atoms with Crippen LogP contribution in [-0.2, 0) is 27.7 Å². The predicted molar refractivity (Wildman–Crippen MR) is 116 cm³/mol. The number of hydrogen-bond acceptors (Lipinski definition) is 4. The first kappa shape index (κ1) is 20.7. The van der Waals surface area contributed by atoms with Gasteiger partial charge in [0.15, 0.2) is 0 Å². The Labute approximate surface area is 176 Å². The average molecular weight is 429 g/mol. The van der Waals surface area contributed by atoms with Crippen LogP contribution in [0.4, 0.5) is 10.1 Å². The molecule has 1 aromatic heterocycles. The van der Waals surface area contributed by atoms with Gasteiger partial charge in [0, 0.05) is 30.0 Å². The number of aromatic nitrogens is 1. The lowest BCUT2D eigenvalue weighted by Gasteiger charge is -2.14. The second kappa shape index (κ2) is 7.95. The molecule has 0 unspecified atom stereocenters. The van der Waals surface area contributed by atoms with Crippen LogP contribution in [0, 0.1) is 17.7 Å². The summed E-state index contributed by atoms with van der Waals surface area (Å²) in [5.41, 5.74) is 3.88. The van der Waals surface area contributed by atoms with Crippen LogP contribution in [0.2, 0.25) is 0 Å². The Morgan fingerprint density at radius 1 is 1.27 bits per heavy atom. The molecule has 7 heteroatoms. The van der Waals surface area contributed by atoms with Gasteiger partial charge < -0.3 is 0 Å². The zero-order valence-corrected chi connectivity index (χ0v) is 17.9. The molecule has 1 aromatic carbocycles. The Kier molecular flexibility index (Phi) is 5.49. The number of nitrogens with zero attached hydrogens (tertiary/aromatic N) is 1. The molecule has 4 rings (SSSR count). The third-order valence-corrected chi connectivity index (χ3v) is 6.91. The number of rotatable bonds is 8. The standard InChI is InChI=1S/C23H25FN2O3S/c1-14(2)13-30(28,29)26-22-9-8-16(10-20(22)24)19-11-17(12-23(27)15-6-7-15)25-21-5-3-4-18(19)21/h3-4,8-11,14-15,26H,5-7,12-13H2,1-2H3. The summed E-state index contributed by atoms with van der Waals surface area (Å²) in [5.74, 6) is -0.400. The van der Waals surface area contributed by atoms with Crippen LogP contribution in [0.25, 0.3) is 17.2 Å². The van der Waals surface area contributed by atoms with Gasteiger partial charge in [-0.05, 0) is 48.1 Å². The molecule has 0 saturated heterocycles. The SMILES string of the molecule is CC(C)CS(=O)(=O)Nc1ccc(-c2cc(CC(=O)C3CC3)nc3c2C=CC3)cc1F. The Balaban J connectivity index is 1.65. The molecule has 1 fully saturated rings. The van der Waals surface area contributed by atoms with Crippen molar-refractivity contribution in [1.82, 2.24) is 4.98 Å². The van der Waals surface area contributed by atoms with E-state index in [1.165, 1.54) is 12.1 Å². The number of sulfonamides is 1. The van der Waals surface area contributed by atoms with E-state index in [1.54, 1.807) is 19.9 Å². The zero-order valence-electron chi connectivity index (χ0n) is 17.1. The highest BCUT2D eigenvalue weighted by Gasteiger charge is 2.30. The number of carbonyl (C=O) groups is 1. The number of nitrogens with one attached hydrogen (secondary N) is 1. The summed E-state index contributed by atoms with van der Waals surface area (Å²) >= 11 is 0. The number of benzene rings is 1. The number of hydrogen-bond donors (Lipinski definition) is 1. The van der Waals surface area contributed by atoms with Crippen molar-refractivity contribution < 1.29 is 17.6 Å². The normalized spacial score (nSPS) is 15.5. The van der Waals surface area contributed by atoms with Gasteiger partial charge in [-0.25, -0.2) is 12.8 Å². The van der Waals surface area contributed by atoms with Gasteiger partial charge in [0.05, 0.1) is 17.1 Å². The smallest absolute Gasteiger partial charge is 0.233 e. The Bertz CT molecular complexity index is 1140. The molecule has 30 heavy (non-hydrogen) atoms. The number of halogens is 1. The first-order valence-corrected chi connectivity index (χ1v) is 11.9. The van der Waals surface area contributed by atoms with E-state index in [4.69, 9.17) is 0 Å². The highest BCUT2D eigenvalue weighted by Crippen LogP contribution is 2.35. The van der Waals surface area contributed by atoms with Gasteiger partial charge in [-0.3, -0.25) is 14.5 Å². The molecule has 0 amide bonds. The Morgan fingerprint density at radius 2 is 2.03 bits per heavy atom. The quantitative estimate of drug-likeness (QED) is 0.677. The van der Waals surface area contributed by atoms with E-state index in [1.807, 2.05) is 18.2 Å². The van der Waals surface area contributed by atoms with Gasteiger partial charge in [0.1, 0.15) is 11.6 Å². The lowest BCUT2D eigenvalue weighted by atomic mass is 9.97. The van der Waals surface area contributed by atoms with Crippen LogP contribution >= 0.6 is 0 Å². The van der Waals surface area contributed by atoms with E-state index in [0.29, 0.717) is 24.1 Å². The molecular weight excluding hydrogens is 403 g/mol. The molecule has 0 spiro atoms. The van der Waals surface area contributed by atoms with E-state index < -0.39 is 15.8 Å². The third kappa shape index (κ3) is 4.61. The minimum Gasteiger partial charge on any atom is -0.299 e. The molecule has 0 radical (unpaired) electrons. The number of ketones is 1. The minimum atomic E-state index is -3.61. The van der Waals surface area contributed by atoms with Gasteiger partial charge in [-0.2, -0.15) is 0 Å². The van der Waals surface area contributed by atoms with Crippen LogP contribution in [0.15, 0.2) is 30.3 Å². The maximum absolute atomic E-state index is 14.8. The van der Waals surface area contributed by atoms with Crippen molar-refractivity contribution in [3.8, 4) is 11.1 Å². The van der Waals surface area contributed by atoms with Crippen LogP contribution < -0.4 is 4.72 Å². The lowest BCUT2D eigenvalue weighted by Crippen LogP contribution is -2.20. The van der Waals surface area contributed by atoms with Crippen molar-refractivity contribution in [2.24, 2.45) is 11.8 Å². The molecule has 0 aliphatic heterocycles. The van der Waals surface area contributed by atoms with Crippen molar-refractivity contribution >= 4 is 27.6 Å². The number of pyridine rings is 1. The summed E-state index contributed by atoms with van der Waals surface area (Å²) in [6.07, 6.45) is 6.85. The van der Waals surface area contributed by atoms with E-state index in [2.05, 4.69) is 9.71 Å². The molecular formula is C23H25FN2O3S. The molecule has 1 heterocycles. The second-order valence-corrected chi connectivity index (χ2v) is 10.3. The monoisotopic (exact) mass is 428 g/mol. The zero-order chi connectivity index (χ0) is 21.5. The minimum absolute atomic E-state index is 0.0622. The van der Waals surface area contributed by atoms with Gasteiger partial charge in [-0.15, -0.1) is 0 Å². The Hall–Kier alpha value is -2.54. The van der Waals surface area contributed by atoms with Gasteiger partial charge in [0.25, 0.3) is 0 Å². The van der Waals surface area contributed by atoms with Crippen molar-refractivity contribution in [1.29, 1.82) is 0 Å². The molecule has 2 aromatic rings. The van der Waals surface area contributed by atoms with Gasteiger partial charge >= 0.3 is 0 Å². The summed E-state index contributed by atoms with van der Waals surface area (Å²) in [7, 11) is -3.61. The lowest BCUT2D eigenvalue weighted by molar-refractivity contribution is -0.119. The van der Waals surface area contributed by atoms with Crippen molar-refractivity contribution in [3.05, 3.63) is 53.1 Å². The van der Waals surface area contributed by atoms with E-state index in [0.717, 1.165) is 29.7 Å². The topological polar surface area (TPSA) is 76.1 Å². The highest BCUT2D eigenvalue weighted by atomic mass is 32.2. The highest BCUT2D eigenvalue weighted by molar-refractivity contribution is 7.92. The summed E-state index contributed by atoms with van der Waals surface area (Å²) in [6, 6.07) is 6.33. The van der Waals surface area contributed by atoms with Gasteiger partial charge in [-0.1, -0.05) is 32.1 Å². The molecule has 0 atom stereocenters. The summed E-state index contributed by atoms with van der Waals surface area (Å²) in [5, 5.41) is 0. The van der Waals surface area contributed by atoms with Crippen molar-refractivity contribution in [2.75, 3.05) is 10.5 Å². The van der Waals surface area contributed by atoms with E-state index in [9.17, 15) is 17.6 Å². The maximum atomic E-state index is 14.8. The van der Waals surface area contributed by atoms with Crippen LogP contribution in [0.3, 0.4) is 0 Å². The average Bonchev–Trinajstić information content (AvgIpc) is 3.40. The molecule has 2 aliphatic carbocycles. The molecule has 2 aliphatic rings. The first-order valence-electron chi connectivity index (χ1n) is 10.2. The number of anilines is 1. The van der Waals surface area contributed by atoms with Crippen molar-refractivity contribution in [3.63, 3.8) is 0 Å². The summed E-state index contributed by atoms with van der Waals surface area (Å²) in [4.78, 5) is 16.9. The molecule has 1 saturated carbocycles. The fraction of sp³-hybridized carbons (Fsp3) is 0.391. The molecule has 0 bridgehead atoms. The van der Waals surface area contributed by atoms with E-state index in [-0.39, 0.29) is 29.1 Å². The summed E-state index contributed by atoms with van der Waals surface area (Å²) in [6.45, 7) is 3.59. The van der Waals surface area contributed by atoms with Crippen LogP contribution in [-0.4, -0.2) is 24.9 Å². The Morgan fingerprint density at radius 3 is 2.70 bits per heavy atom. The maximum Gasteiger partial charge on any atom is 0.233 e. The number of fused-ring (bicyclic) bond motifs is 1. The first-order chi connectivity index (χ1) is 14.2. The largest absolute Gasteiger partial charge is 0.299 e. The van der Waals surface area contributed by atoms with Crippen LogP contribution in [0.1, 0.15) is 43.6 Å². The molecule has 158 valence electrons. The van der Waals surface area contributed by atoms with Crippen molar-refractivity contribution in [2.45, 2.75) is 39.5 Å². The van der Waals surface area contributed by atoms with E-state index >= 15 is 0 Å². The fourth-order valence-corrected chi connectivity index (χ4v) is 5.23. The predicted octanol–water partition coefficient (Wildman–Crippen LogP) is 4.38. The van der Waals surface area contributed by atoms with Crippen LogP contribution in [0.5, 0.6) is 0 Å². The summed E-state index contributed by atoms with van der Waals surface area (Å²) < 4.78 is 41.4. The molecule has 5 nitrogen and oxygen atoms in total.